The zero-order valence-corrected chi connectivity index (χ0v) is 9.84. The van der Waals surface area contributed by atoms with Crippen LogP contribution in [0, 0.1) is 0 Å². The summed E-state index contributed by atoms with van der Waals surface area (Å²) in [6.45, 7) is 0.783. The van der Waals surface area contributed by atoms with Crippen molar-refractivity contribution in [3.8, 4) is 0 Å². The van der Waals surface area contributed by atoms with Crippen molar-refractivity contribution in [2.45, 2.75) is 13.1 Å². The predicted octanol–water partition coefficient (Wildman–Crippen LogP) is 0.865. The van der Waals surface area contributed by atoms with Crippen molar-refractivity contribution >= 4 is 5.91 Å². The molecule has 0 saturated heterocycles. The van der Waals surface area contributed by atoms with Gasteiger partial charge in [0.05, 0.1) is 12.2 Å². The molecule has 1 aromatic carbocycles. The Labute approximate surface area is 105 Å². The second kappa shape index (κ2) is 5.88. The largest absolute Gasteiger partial charge is 0.346 e. The first-order chi connectivity index (χ1) is 8.79. The highest BCUT2D eigenvalue weighted by molar-refractivity contribution is 5.94. The number of rotatable bonds is 4. The van der Waals surface area contributed by atoms with Crippen LogP contribution < -0.4 is 11.1 Å². The highest BCUT2D eigenvalue weighted by atomic mass is 16.1. The highest BCUT2D eigenvalue weighted by Gasteiger charge is 2.05. The molecule has 5 nitrogen and oxygen atoms in total. The lowest BCUT2D eigenvalue weighted by molar-refractivity contribution is 0.0950. The van der Waals surface area contributed by atoms with Crippen LogP contribution in [0.25, 0.3) is 0 Å². The fourth-order valence-electron chi connectivity index (χ4n) is 1.54. The van der Waals surface area contributed by atoms with Crippen molar-refractivity contribution in [3.63, 3.8) is 0 Å². The van der Waals surface area contributed by atoms with E-state index in [-0.39, 0.29) is 5.91 Å². The van der Waals surface area contributed by atoms with Gasteiger partial charge in [-0.3, -0.25) is 4.79 Å². The van der Waals surface area contributed by atoms with Gasteiger partial charge in [0, 0.05) is 18.3 Å². The van der Waals surface area contributed by atoms with Crippen molar-refractivity contribution in [1.29, 1.82) is 0 Å². The second-order valence-corrected chi connectivity index (χ2v) is 3.80. The second-order valence-electron chi connectivity index (χ2n) is 3.80. The van der Waals surface area contributed by atoms with Gasteiger partial charge < -0.3 is 11.1 Å². The zero-order valence-electron chi connectivity index (χ0n) is 9.84. The lowest BCUT2D eigenvalue weighted by Gasteiger charge is -2.05. The third kappa shape index (κ3) is 3.11. The molecule has 0 fully saturated rings. The first-order valence-electron chi connectivity index (χ1n) is 5.63. The molecule has 0 saturated carbocycles. The average Bonchev–Trinajstić information content (AvgIpc) is 2.46. The minimum Gasteiger partial charge on any atom is -0.346 e. The standard InChI is InChI=1S/C13H14N4O/c14-8-10-3-1-4-11(7-10)13(18)15-9-12-5-2-6-16-17-12/h1-7H,8-9,14H2,(H,15,18). The fraction of sp³-hybridized carbons (Fsp3) is 0.154. The number of nitrogens with one attached hydrogen (secondary N) is 1. The molecule has 1 aromatic heterocycles. The molecule has 0 bridgehead atoms. The zero-order chi connectivity index (χ0) is 12.8. The van der Waals surface area contributed by atoms with Crippen molar-refractivity contribution in [3.05, 3.63) is 59.4 Å². The van der Waals surface area contributed by atoms with Gasteiger partial charge in [0.1, 0.15) is 0 Å². The molecule has 2 rings (SSSR count). The third-order valence-corrected chi connectivity index (χ3v) is 2.48. The number of carbonyl (C=O) groups excluding carboxylic acids is 1. The molecule has 0 aliphatic rings. The molecule has 1 heterocycles. The van der Waals surface area contributed by atoms with Crippen LogP contribution in [-0.2, 0) is 13.1 Å². The molecule has 0 radical (unpaired) electrons. The number of nitrogens with two attached hydrogens (primary N) is 1. The number of hydrogen-bond acceptors (Lipinski definition) is 4. The van der Waals surface area contributed by atoms with Crippen molar-refractivity contribution < 1.29 is 4.79 Å². The maximum absolute atomic E-state index is 11.9. The van der Waals surface area contributed by atoms with Crippen LogP contribution in [0.1, 0.15) is 21.6 Å². The van der Waals surface area contributed by atoms with Crippen LogP contribution in [0.15, 0.2) is 42.6 Å². The average molecular weight is 242 g/mol. The number of hydrogen-bond donors (Lipinski definition) is 2. The SMILES string of the molecule is NCc1cccc(C(=O)NCc2cccnn2)c1. The molecular weight excluding hydrogens is 228 g/mol. The van der Waals surface area contributed by atoms with Crippen molar-refractivity contribution in [2.24, 2.45) is 5.73 Å². The van der Waals surface area contributed by atoms with Gasteiger partial charge >= 0.3 is 0 Å². The molecule has 3 N–H and O–H groups in total. The molecule has 5 heteroatoms. The molecule has 92 valence electrons. The van der Waals surface area contributed by atoms with Gasteiger partial charge in [0.15, 0.2) is 0 Å². The van der Waals surface area contributed by atoms with E-state index in [2.05, 4.69) is 15.5 Å². The Morgan fingerprint density at radius 2 is 2.17 bits per heavy atom. The summed E-state index contributed by atoms with van der Waals surface area (Å²) in [7, 11) is 0. The summed E-state index contributed by atoms with van der Waals surface area (Å²) in [5.41, 5.74) is 7.79. The Hall–Kier alpha value is -2.27. The van der Waals surface area contributed by atoms with Crippen LogP contribution >= 0.6 is 0 Å². The summed E-state index contributed by atoms with van der Waals surface area (Å²) in [6.07, 6.45) is 1.59. The minimum absolute atomic E-state index is 0.143. The summed E-state index contributed by atoms with van der Waals surface area (Å²) in [4.78, 5) is 11.9. The van der Waals surface area contributed by atoms with Crippen LogP contribution in [0.4, 0.5) is 0 Å². The summed E-state index contributed by atoms with van der Waals surface area (Å²) >= 11 is 0. The summed E-state index contributed by atoms with van der Waals surface area (Å²) in [5, 5.41) is 10.4. The molecule has 0 spiro atoms. The van der Waals surface area contributed by atoms with Gasteiger partial charge in [-0.15, -0.1) is 0 Å². The topological polar surface area (TPSA) is 80.9 Å². The molecule has 0 aliphatic carbocycles. The Morgan fingerprint density at radius 1 is 1.28 bits per heavy atom. The Bertz CT molecular complexity index is 528. The van der Waals surface area contributed by atoms with Crippen LogP contribution in [0.5, 0.6) is 0 Å². The Kier molecular flexibility index (Phi) is 3.98. The number of nitrogens with zero attached hydrogens (tertiary/aromatic N) is 2. The van der Waals surface area contributed by atoms with Crippen LogP contribution in [0.3, 0.4) is 0 Å². The Morgan fingerprint density at radius 3 is 2.89 bits per heavy atom. The third-order valence-electron chi connectivity index (χ3n) is 2.48. The van der Waals surface area contributed by atoms with Gasteiger partial charge in [-0.25, -0.2) is 0 Å². The molecule has 2 aromatic rings. The van der Waals surface area contributed by atoms with E-state index in [4.69, 9.17) is 5.73 Å². The first kappa shape index (κ1) is 12.2. The monoisotopic (exact) mass is 242 g/mol. The van der Waals surface area contributed by atoms with Crippen LogP contribution in [0.2, 0.25) is 0 Å². The van der Waals surface area contributed by atoms with E-state index in [1.165, 1.54) is 0 Å². The molecule has 0 atom stereocenters. The van der Waals surface area contributed by atoms with Crippen molar-refractivity contribution in [2.75, 3.05) is 0 Å². The first-order valence-corrected chi connectivity index (χ1v) is 5.63. The van der Waals surface area contributed by atoms with Crippen LogP contribution in [-0.4, -0.2) is 16.1 Å². The number of amides is 1. The molecule has 18 heavy (non-hydrogen) atoms. The van der Waals surface area contributed by atoms with E-state index < -0.39 is 0 Å². The summed E-state index contributed by atoms with van der Waals surface area (Å²) in [5.74, 6) is -0.143. The number of benzene rings is 1. The van der Waals surface area contributed by atoms with Gasteiger partial charge in [0.2, 0.25) is 0 Å². The smallest absolute Gasteiger partial charge is 0.251 e. The van der Waals surface area contributed by atoms with E-state index in [1.54, 1.807) is 24.4 Å². The van der Waals surface area contributed by atoms with Crippen molar-refractivity contribution in [1.82, 2.24) is 15.5 Å². The maximum atomic E-state index is 11.9. The highest BCUT2D eigenvalue weighted by Crippen LogP contribution is 2.04. The van der Waals surface area contributed by atoms with E-state index in [0.29, 0.717) is 18.7 Å². The molecule has 0 unspecified atom stereocenters. The quantitative estimate of drug-likeness (QED) is 0.833. The Balaban J connectivity index is 1.99. The number of aromatic nitrogens is 2. The van der Waals surface area contributed by atoms with Gasteiger partial charge in [-0.05, 0) is 29.8 Å². The van der Waals surface area contributed by atoms with Gasteiger partial charge in [-0.2, -0.15) is 10.2 Å². The van der Waals surface area contributed by atoms with Gasteiger partial charge in [-0.1, -0.05) is 12.1 Å². The van der Waals surface area contributed by atoms with Gasteiger partial charge in [0.25, 0.3) is 5.91 Å². The summed E-state index contributed by atoms with van der Waals surface area (Å²) < 4.78 is 0. The predicted molar refractivity (Wildman–Crippen MR) is 67.5 cm³/mol. The summed E-state index contributed by atoms with van der Waals surface area (Å²) in [6, 6.07) is 10.8. The molecular formula is C13H14N4O. The minimum atomic E-state index is -0.143. The lowest BCUT2D eigenvalue weighted by Crippen LogP contribution is -2.23. The van der Waals surface area contributed by atoms with E-state index in [0.717, 1.165) is 11.3 Å². The van der Waals surface area contributed by atoms with E-state index in [9.17, 15) is 4.79 Å². The molecule has 1 amide bonds. The lowest BCUT2D eigenvalue weighted by atomic mass is 10.1. The molecule has 0 aliphatic heterocycles. The maximum Gasteiger partial charge on any atom is 0.251 e. The van der Waals surface area contributed by atoms with E-state index in [1.807, 2.05) is 18.2 Å². The fourth-order valence-corrected chi connectivity index (χ4v) is 1.54. The van der Waals surface area contributed by atoms with E-state index >= 15 is 0 Å². The normalized spacial score (nSPS) is 10.1. The number of carbonyl (C=O) groups is 1.